The zero-order valence-electron chi connectivity index (χ0n) is 13.4. The summed E-state index contributed by atoms with van der Waals surface area (Å²) in [5.41, 5.74) is 0.634. The minimum absolute atomic E-state index is 0.288. The number of likely N-dealkylation sites (tertiary alicyclic amines) is 1. The summed E-state index contributed by atoms with van der Waals surface area (Å²) in [5, 5.41) is 0. The number of nitrogens with one attached hydrogen (secondary N) is 1. The van der Waals surface area contributed by atoms with E-state index < -0.39 is 21.9 Å². The van der Waals surface area contributed by atoms with Gasteiger partial charge in [0.25, 0.3) is 0 Å². The lowest BCUT2D eigenvalue weighted by atomic mass is 10.2. The molecule has 1 saturated heterocycles. The molecule has 7 nitrogen and oxygen atoms in total. The maximum absolute atomic E-state index is 12.4. The van der Waals surface area contributed by atoms with Crippen LogP contribution in [0, 0.1) is 0 Å². The molecule has 8 heteroatoms. The second kappa shape index (κ2) is 5.30. The molecule has 1 N–H and O–H groups in total. The standard InChI is InChI=1S/C15H21N3O4S/c1-15(2,3)22-14(19)17-9-8-11(10-17)18-13-7-5-4-6-12(13)16-23(18,20)21/h4-7,11,16H,8-10H2,1-3H3/t11-/m1/s1. The van der Waals surface area contributed by atoms with Gasteiger partial charge in [-0.25, -0.2) is 9.10 Å². The Morgan fingerprint density at radius 3 is 2.70 bits per heavy atom. The molecule has 23 heavy (non-hydrogen) atoms. The van der Waals surface area contributed by atoms with Crippen LogP contribution in [-0.2, 0) is 14.9 Å². The van der Waals surface area contributed by atoms with Crippen molar-refractivity contribution in [3.8, 4) is 0 Å². The summed E-state index contributed by atoms with van der Waals surface area (Å²) in [4.78, 5) is 13.7. The van der Waals surface area contributed by atoms with Gasteiger partial charge in [0.15, 0.2) is 0 Å². The van der Waals surface area contributed by atoms with Crippen LogP contribution in [0.2, 0.25) is 0 Å². The van der Waals surface area contributed by atoms with E-state index in [1.54, 1.807) is 29.2 Å². The molecule has 126 valence electrons. The monoisotopic (exact) mass is 339 g/mol. The maximum Gasteiger partial charge on any atom is 0.410 e. The number of amides is 1. The molecule has 3 rings (SSSR count). The van der Waals surface area contributed by atoms with Crippen molar-refractivity contribution in [1.29, 1.82) is 0 Å². The van der Waals surface area contributed by atoms with E-state index in [0.717, 1.165) is 0 Å². The van der Waals surface area contributed by atoms with Crippen LogP contribution in [0.5, 0.6) is 0 Å². The van der Waals surface area contributed by atoms with Gasteiger partial charge in [-0.1, -0.05) is 12.1 Å². The Morgan fingerprint density at radius 2 is 2.00 bits per heavy atom. The molecule has 0 bridgehead atoms. The summed E-state index contributed by atoms with van der Waals surface area (Å²) in [6.07, 6.45) is 0.173. The fraction of sp³-hybridized carbons (Fsp3) is 0.533. The molecule has 0 saturated carbocycles. The minimum atomic E-state index is -3.61. The highest BCUT2D eigenvalue weighted by Crippen LogP contribution is 2.38. The molecule has 0 unspecified atom stereocenters. The van der Waals surface area contributed by atoms with Gasteiger partial charge in [0.1, 0.15) is 5.60 Å². The zero-order chi connectivity index (χ0) is 16.8. The number of rotatable bonds is 1. The number of para-hydroxylation sites is 2. The summed E-state index contributed by atoms with van der Waals surface area (Å²) in [6, 6.07) is 6.79. The molecular formula is C15H21N3O4S. The summed E-state index contributed by atoms with van der Waals surface area (Å²) in [6.45, 7) is 6.23. The van der Waals surface area contributed by atoms with Gasteiger partial charge >= 0.3 is 16.3 Å². The molecular weight excluding hydrogens is 318 g/mol. The predicted molar refractivity (Wildman–Crippen MR) is 87.7 cm³/mol. The third kappa shape index (κ3) is 3.08. The zero-order valence-corrected chi connectivity index (χ0v) is 14.3. The fourth-order valence-electron chi connectivity index (χ4n) is 2.89. The molecule has 0 spiro atoms. The highest BCUT2D eigenvalue weighted by molar-refractivity contribution is 7.94. The molecule has 2 aliphatic heterocycles. The predicted octanol–water partition coefficient (Wildman–Crippen LogP) is 2.17. The molecule has 0 radical (unpaired) electrons. The lowest BCUT2D eigenvalue weighted by Gasteiger charge is -2.26. The number of anilines is 2. The van der Waals surface area contributed by atoms with Crippen molar-refractivity contribution in [3.63, 3.8) is 0 Å². The quantitative estimate of drug-likeness (QED) is 0.850. The van der Waals surface area contributed by atoms with E-state index in [9.17, 15) is 13.2 Å². The number of ether oxygens (including phenoxy) is 1. The summed E-state index contributed by atoms with van der Waals surface area (Å²) in [5.74, 6) is 0. The van der Waals surface area contributed by atoms with Crippen molar-refractivity contribution < 1.29 is 17.9 Å². The first-order chi connectivity index (χ1) is 10.7. The Morgan fingerprint density at radius 1 is 1.30 bits per heavy atom. The van der Waals surface area contributed by atoms with Crippen LogP contribution in [0.25, 0.3) is 0 Å². The molecule has 1 amide bonds. The van der Waals surface area contributed by atoms with Crippen molar-refractivity contribution in [2.75, 3.05) is 22.1 Å². The first-order valence-electron chi connectivity index (χ1n) is 7.56. The van der Waals surface area contributed by atoms with Crippen molar-refractivity contribution in [3.05, 3.63) is 24.3 Å². The number of hydrogen-bond donors (Lipinski definition) is 1. The molecule has 2 heterocycles. The summed E-state index contributed by atoms with van der Waals surface area (Å²) >= 11 is 0. The molecule has 1 aromatic rings. The minimum Gasteiger partial charge on any atom is -0.444 e. The van der Waals surface area contributed by atoms with Crippen molar-refractivity contribution in [1.82, 2.24) is 4.90 Å². The van der Waals surface area contributed by atoms with E-state index in [2.05, 4.69) is 4.72 Å². The lowest BCUT2D eigenvalue weighted by molar-refractivity contribution is 0.0293. The molecule has 1 fully saturated rings. The second-order valence-corrected chi connectivity index (χ2v) is 8.34. The number of nitrogens with zero attached hydrogens (tertiary/aromatic N) is 2. The highest BCUT2D eigenvalue weighted by Gasteiger charge is 2.42. The Hall–Kier alpha value is -1.96. The van der Waals surface area contributed by atoms with Crippen LogP contribution < -0.4 is 9.03 Å². The van der Waals surface area contributed by atoms with Crippen LogP contribution in [-0.4, -0.2) is 44.1 Å². The van der Waals surface area contributed by atoms with E-state index in [4.69, 9.17) is 4.74 Å². The Balaban J connectivity index is 1.78. The maximum atomic E-state index is 12.4. The average Bonchev–Trinajstić information content (AvgIpc) is 2.96. The lowest BCUT2D eigenvalue weighted by Crippen LogP contribution is -2.42. The Labute approximate surface area is 136 Å². The van der Waals surface area contributed by atoms with Gasteiger partial charge in [0.2, 0.25) is 0 Å². The Bertz CT molecular complexity index is 726. The Kier molecular flexibility index (Phi) is 3.66. The van der Waals surface area contributed by atoms with Gasteiger partial charge in [-0.05, 0) is 39.3 Å². The molecule has 1 aromatic carbocycles. The second-order valence-electron chi connectivity index (χ2n) is 6.79. The summed E-state index contributed by atoms with van der Waals surface area (Å²) in [7, 11) is -3.61. The van der Waals surface area contributed by atoms with E-state index in [1.165, 1.54) is 4.31 Å². The smallest absolute Gasteiger partial charge is 0.410 e. The topological polar surface area (TPSA) is 79.0 Å². The third-order valence-electron chi connectivity index (χ3n) is 3.79. The number of hydrogen-bond acceptors (Lipinski definition) is 4. The van der Waals surface area contributed by atoms with E-state index in [0.29, 0.717) is 30.9 Å². The van der Waals surface area contributed by atoms with E-state index in [-0.39, 0.29) is 6.04 Å². The van der Waals surface area contributed by atoms with Gasteiger partial charge in [-0.2, -0.15) is 8.42 Å². The molecule has 2 aliphatic rings. The SMILES string of the molecule is CC(C)(C)OC(=O)N1CC[C@@H](N2c3ccccc3NS2(=O)=O)C1. The first kappa shape index (κ1) is 15.9. The van der Waals surface area contributed by atoms with Crippen LogP contribution in [0.3, 0.4) is 0 Å². The van der Waals surface area contributed by atoms with Crippen molar-refractivity contribution in [2.45, 2.75) is 38.8 Å². The summed E-state index contributed by atoms with van der Waals surface area (Å²) < 4.78 is 34.1. The van der Waals surface area contributed by atoms with E-state index >= 15 is 0 Å². The third-order valence-corrected chi connectivity index (χ3v) is 5.28. The molecule has 1 atom stereocenters. The van der Waals surface area contributed by atoms with Gasteiger partial charge in [0, 0.05) is 13.1 Å². The van der Waals surface area contributed by atoms with Gasteiger partial charge in [0.05, 0.1) is 17.4 Å². The first-order valence-corrected chi connectivity index (χ1v) is 9.00. The van der Waals surface area contributed by atoms with Crippen molar-refractivity contribution in [2.24, 2.45) is 0 Å². The number of carbonyl (C=O) groups excluding carboxylic acids is 1. The van der Waals surface area contributed by atoms with Crippen molar-refractivity contribution >= 4 is 27.7 Å². The number of fused-ring (bicyclic) bond motifs is 1. The van der Waals surface area contributed by atoms with Crippen LogP contribution in [0.15, 0.2) is 24.3 Å². The normalized spacial score (nSPS) is 22.7. The molecule has 0 aromatic heterocycles. The van der Waals surface area contributed by atoms with E-state index in [1.807, 2.05) is 20.8 Å². The van der Waals surface area contributed by atoms with Gasteiger partial charge in [-0.3, -0.25) is 4.72 Å². The largest absolute Gasteiger partial charge is 0.444 e. The number of benzene rings is 1. The fourth-order valence-corrected chi connectivity index (χ4v) is 4.42. The van der Waals surface area contributed by atoms with Gasteiger partial charge in [-0.15, -0.1) is 0 Å². The molecule has 0 aliphatic carbocycles. The van der Waals surface area contributed by atoms with Crippen LogP contribution in [0.1, 0.15) is 27.2 Å². The number of carbonyl (C=O) groups is 1. The highest BCUT2D eigenvalue weighted by atomic mass is 32.2. The van der Waals surface area contributed by atoms with Crippen LogP contribution >= 0.6 is 0 Å². The van der Waals surface area contributed by atoms with Crippen LogP contribution in [0.4, 0.5) is 16.2 Å². The average molecular weight is 339 g/mol. The van der Waals surface area contributed by atoms with Gasteiger partial charge < -0.3 is 9.64 Å².